The molecule has 0 radical (unpaired) electrons. The number of anilines is 1. The highest BCUT2D eigenvalue weighted by molar-refractivity contribution is 6.13. The molecule has 0 unspecified atom stereocenters. The molecule has 0 atom stereocenters. The molecule has 4 nitrogen and oxygen atoms in total. The van der Waals surface area contributed by atoms with Crippen molar-refractivity contribution in [3.05, 3.63) is 83.1 Å². The van der Waals surface area contributed by atoms with Crippen LogP contribution in [0.2, 0.25) is 0 Å². The maximum Gasteiger partial charge on any atom is 0.256 e. The summed E-state index contributed by atoms with van der Waals surface area (Å²) >= 11 is 0. The van der Waals surface area contributed by atoms with E-state index in [9.17, 15) is 4.79 Å². The molecular weight excluding hydrogens is 360 g/mol. The fourth-order valence-corrected chi connectivity index (χ4v) is 3.65. The number of nitrogens with zero attached hydrogens (tertiary/aromatic N) is 1. The Morgan fingerprint density at radius 2 is 1.69 bits per heavy atom. The van der Waals surface area contributed by atoms with Gasteiger partial charge in [0.2, 0.25) is 0 Å². The normalized spacial score (nSPS) is 11.0. The van der Waals surface area contributed by atoms with Crippen LogP contribution < -0.4 is 5.32 Å². The van der Waals surface area contributed by atoms with E-state index in [1.165, 1.54) is 0 Å². The number of carbonyl (C=O) groups excluding carboxylic acids is 1. The summed E-state index contributed by atoms with van der Waals surface area (Å²) in [6.45, 7) is 6.10. The Morgan fingerprint density at radius 3 is 2.34 bits per heavy atom. The first kappa shape index (κ1) is 18.9. The Bertz CT molecular complexity index is 1170. The summed E-state index contributed by atoms with van der Waals surface area (Å²) in [5.41, 5.74) is 5.20. The van der Waals surface area contributed by atoms with Crippen LogP contribution >= 0.6 is 0 Å². The molecule has 29 heavy (non-hydrogen) atoms. The molecule has 146 valence electrons. The second-order valence-electron chi connectivity index (χ2n) is 7.09. The van der Waals surface area contributed by atoms with E-state index in [4.69, 9.17) is 9.40 Å². The van der Waals surface area contributed by atoms with Crippen molar-refractivity contribution in [3.63, 3.8) is 0 Å². The molecule has 1 amide bonds. The molecule has 0 saturated carbocycles. The van der Waals surface area contributed by atoms with Crippen molar-refractivity contribution in [1.82, 2.24) is 4.98 Å². The molecule has 4 aromatic rings. The van der Waals surface area contributed by atoms with Gasteiger partial charge in [0.1, 0.15) is 11.5 Å². The summed E-state index contributed by atoms with van der Waals surface area (Å²) in [5, 5.41) is 4.00. The van der Waals surface area contributed by atoms with Crippen LogP contribution in [0.15, 0.2) is 65.1 Å². The Kier molecular flexibility index (Phi) is 5.17. The Labute approximate surface area is 170 Å². The summed E-state index contributed by atoms with van der Waals surface area (Å²) in [5.74, 6) is 1.33. The molecular formula is C25H24N2O2. The van der Waals surface area contributed by atoms with Gasteiger partial charge >= 0.3 is 0 Å². The molecule has 0 bridgehead atoms. The molecule has 2 heterocycles. The van der Waals surface area contributed by atoms with Crippen LogP contribution in [0.25, 0.3) is 22.4 Å². The number of para-hydroxylation sites is 2. The lowest BCUT2D eigenvalue weighted by atomic mass is 10.0. The van der Waals surface area contributed by atoms with Gasteiger partial charge in [-0.2, -0.15) is 0 Å². The fourth-order valence-electron chi connectivity index (χ4n) is 3.65. The largest absolute Gasteiger partial charge is 0.460 e. The van der Waals surface area contributed by atoms with E-state index < -0.39 is 0 Å². The fraction of sp³-hybridized carbons (Fsp3) is 0.200. The number of benzene rings is 2. The summed E-state index contributed by atoms with van der Waals surface area (Å²) in [6, 6.07) is 19.5. The number of pyridine rings is 1. The number of aromatic nitrogens is 1. The third kappa shape index (κ3) is 3.66. The van der Waals surface area contributed by atoms with Crippen molar-refractivity contribution in [2.75, 3.05) is 5.32 Å². The number of nitrogens with one attached hydrogen (secondary N) is 1. The number of fused-ring (bicyclic) bond motifs is 1. The lowest BCUT2D eigenvalue weighted by molar-refractivity contribution is 0.102. The Hall–Kier alpha value is -3.40. The maximum atomic E-state index is 13.4. The average molecular weight is 384 g/mol. The maximum absolute atomic E-state index is 13.4. The highest BCUT2D eigenvalue weighted by Gasteiger charge is 2.17. The predicted molar refractivity (Wildman–Crippen MR) is 117 cm³/mol. The molecule has 0 spiro atoms. The zero-order valence-corrected chi connectivity index (χ0v) is 17.0. The lowest BCUT2D eigenvalue weighted by Gasteiger charge is -2.15. The lowest BCUT2D eigenvalue weighted by Crippen LogP contribution is -2.15. The van der Waals surface area contributed by atoms with Crippen molar-refractivity contribution < 1.29 is 9.21 Å². The molecule has 0 aliphatic heterocycles. The minimum atomic E-state index is -0.135. The highest BCUT2D eigenvalue weighted by Crippen LogP contribution is 2.28. The second kappa shape index (κ2) is 7.92. The van der Waals surface area contributed by atoms with Gasteiger partial charge in [-0.1, -0.05) is 50.2 Å². The number of hydrogen-bond donors (Lipinski definition) is 1. The topological polar surface area (TPSA) is 55.1 Å². The molecule has 1 N–H and O–H groups in total. The molecule has 0 saturated heterocycles. The monoisotopic (exact) mass is 384 g/mol. The summed E-state index contributed by atoms with van der Waals surface area (Å²) in [6.07, 6.45) is 1.72. The SMILES string of the molecule is CCc1cccc(CC)c1NC(=O)c1cc(-c2ccc(C)o2)nc2ccccc12. The number of rotatable bonds is 5. The Morgan fingerprint density at radius 1 is 0.966 bits per heavy atom. The minimum Gasteiger partial charge on any atom is -0.460 e. The Balaban J connectivity index is 1.82. The number of carbonyl (C=O) groups is 1. The third-order valence-corrected chi connectivity index (χ3v) is 5.19. The van der Waals surface area contributed by atoms with Gasteiger partial charge in [0.05, 0.1) is 11.1 Å². The van der Waals surface area contributed by atoms with Crippen LogP contribution in [-0.2, 0) is 12.8 Å². The molecule has 2 aromatic carbocycles. The van der Waals surface area contributed by atoms with Gasteiger partial charge in [0, 0.05) is 11.1 Å². The molecule has 0 aliphatic rings. The molecule has 0 fully saturated rings. The second-order valence-corrected chi connectivity index (χ2v) is 7.09. The van der Waals surface area contributed by atoms with E-state index in [1.54, 1.807) is 0 Å². The van der Waals surface area contributed by atoms with Crippen molar-refractivity contribution >= 4 is 22.5 Å². The molecule has 0 aliphatic carbocycles. The molecule has 4 heteroatoms. The van der Waals surface area contributed by atoms with Gasteiger partial charge in [0.15, 0.2) is 5.76 Å². The number of hydrogen-bond acceptors (Lipinski definition) is 3. The van der Waals surface area contributed by atoms with Gasteiger partial charge in [-0.05, 0) is 55.2 Å². The zero-order chi connectivity index (χ0) is 20.4. The summed E-state index contributed by atoms with van der Waals surface area (Å²) in [4.78, 5) is 18.1. The first-order valence-electron chi connectivity index (χ1n) is 9.99. The van der Waals surface area contributed by atoms with Crippen molar-refractivity contribution in [1.29, 1.82) is 0 Å². The smallest absolute Gasteiger partial charge is 0.256 e. The molecule has 4 rings (SSSR count). The minimum absolute atomic E-state index is 0.135. The van der Waals surface area contributed by atoms with E-state index in [1.807, 2.05) is 55.5 Å². The van der Waals surface area contributed by atoms with Crippen LogP contribution in [0, 0.1) is 6.92 Å². The van der Waals surface area contributed by atoms with E-state index in [0.717, 1.165) is 46.3 Å². The van der Waals surface area contributed by atoms with Gasteiger partial charge < -0.3 is 9.73 Å². The first-order valence-corrected chi connectivity index (χ1v) is 9.99. The van der Waals surface area contributed by atoms with Crippen LogP contribution in [0.5, 0.6) is 0 Å². The van der Waals surface area contributed by atoms with Gasteiger partial charge in [-0.15, -0.1) is 0 Å². The summed E-state index contributed by atoms with van der Waals surface area (Å²) in [7, 11) is 0. The highest BCUT2D eigenvalue weighted by atomic mass is 16.3. The first-order chi connectivity index (χ1) is 14.1. The standard InChI is InChI=1S/C25H24N2O2/c1-4-17-9-8-10-18(5-2)24(17)27-25(28)20-15-22(23-14-13-16(3)29-23)26-21-12-7-6-11-19(20)21/h6-15H,4-5H2,1-3H3,(H,27,28). The van der Waals surface area contributed by atoms with Crippen LogP contribution in [-0.4, -0.2) is 10.9 Å². The zero-order valence-electron chi connectivity index (χ0n) is 17.0. The van der Waals surface area contributed by atoms with Crippen molar-refractivity contribution in [2.45, 2.75) is 33.6 Å². The van der Waals surface area contributed by atoms with Crippen LogP contribution in [0.1, 0.15) is 41.1 Å². The van der Waals surface area contributed by atoms with Crippen molar-refractivity contribution in [3.8, 4) is 11.5 Å². The number of furan rings is 1. The van der Waals surface area contributed by atoms with E-state index in [-0.39, 0.29) is 5.91 Å². The van der Waals surface area contributed by atoms with E-state index in [2.05, 4.69) is 31.3 Å². The van der Waals surface area contributed by atoms with E-state index in [0.29, 0.717) is 17.0 Å². The van der Waals surface area contributed by atoms with Gasteiger partial charge in [-0.3, -0.25) is 4.79 Å². The third-order valence-electron chi connectivity index (χ3n) is 5.19. The van der Waals surface area contributed by atoms with Crippen molar-refractivity contribution in [2.24, 2.45) is 0 Å². The molecule has 2 aromatic heterocycles. The average Bonchev–Trinajstić information content (AvgIpc) is 3.19. The van der Waals surface area contributed by atoms with Gasteiger partial charge in [0.25, 0.3) is 5.91 Å². The van der Waals surface area contributed by atoms with Gasteiger partial charge in [-0.25, -0.2) is 4.98 Å². The number of amides is 1. The quantitative estimate of drug-likeness (QED) is 0.447. The van der Waals surface area contributed by atoms with E-state index >= 15 is 0 Å². The van der Waals surface area contributed by atoms with Crippen LogP contribution in [0.3, 0.4) is 0 Å². The predicted octanol–water partition coefficient (Wildman–Crippen LogP) is 6.18. The number of aryl methyl sites for hydroxylation is 3. The van der Waals surface area contributed by atoms with Crippen LogP contribution in [0.4, 0.5) is 5.69 Å². The summed E-state index contributed by atoms with van der Waals surface area (Å²) < 4.78 is 5.75.